The van der Waals surface area contributed by atoms with E-state index in [9.17, 15) is 0 Å². The molecule has 2 N–H and O–H groups in total. The molecule has 4 nitrogen and oxygen atoms in total. The minimum atomic E-state index is -0.0666. The van der Waals surface area contributed by atoms with E-state index in [2.05, 4.69) is 9.97 Å². The van der Waals surface area contributed by atoms with Crippen molar-refractivity contribution in [2.45, 2.75) is 6.61 Å². The summed E-state index contributed by atoms with van der Waals surface area (Å²) in [6.07, 6.45) is 1.59. The quantitative estimate of drug-likeness (QED) is 0.862. The number of benzene rings is 1. The molecule has 0 amide bonds. The molecule has 0 aliphatic rings. The predicted molar refractivity (Wildman–Crippen MR) is 61.5 cm³/mol. The maximum atomic E-state index is 8.94. The van der Waals surface area contributed by atoms with Gasteiger partial charge in [0.25, 0.3) is 0 Å². The summed E-state index contributed by atoms with van der Waals surface area (Å²) in [4.78, 5) is 7.15. The van der Waals surface area contributed by atoms with Crippen LogP contribution in [0, 0.1) is 0 Å². The Morgan fingerprint density at radius 1 is 1.50 bits per heavy atom. The first-order valence-electron chi connectivity index (χ1n) is 4.73. The highest BCUT2D eigenvalue weighted by molar-refractivity contribution is 6.30. The molecule has 0 fully saturated rings. The fourth-order valence-corrected chi connectivity index (χ4v) is 1.60. The second-order valence-electron chi connectivity index (χ2n) is 3.26. The second kappa shape index (κ2) is 4.55. The van der Waals surface area contributed by atoms with Crippen LogP contribution in [0.5, 0.6) is 5.75 Å². The summed E-state index contributed by atoms with van der Waals surface area (Å²) in [5.74, 6) is 1.30. The standard InChI is InChI=1S/C11H11ClN2O2/c1-16-10-4-7(12)2-3-9(10)11-13-5-8(6-15)14-11/h2-5,15H,6H2,1H3,(H,13,14). The second-order valence-corrected chi connectivity index (χ2v) is 3.70. The van der Waals surface area contributed by atoms with E-state index < -0.39 is 0 Å². The number of nitrogens with zero attached hydrogens (tertiary/aromatic N) is 1. The van der Waals surface area contributed by atoms with Gasteiger partial charge in [-0.05, 0) is 18.2 Å². The van der Waals surface area contributed by atoms with Gasteiger partial charge in [-0.15, -0.1) is 0 Å². The molecule has 1 aromatic carbocycles. The monoisotopic (exact) mass is 238 g/mol. The van der Waals surface area contributed by atoms with Crippen molar-refractivity contribution in [2.75, 3.05) is 7.11 Å². The average Bonchev–Trinajstić information content (AvgIpc) is 2.77. The van der Waals surface area contributed by atoms with Gasteiger partial charge in [0, 0.05) is 5.02 Å². The molecule has 0 spiro atoms. The van der Waals surface area contributed by atoms with Gasteiger partial charge in [0.15, 0.2) is 0 Å². The lowest BCUT2D eigenvalue weighted by atomic mass is 10.2. The zero-order chi connectivity index (χ0) is 11.5. The van der Waals surface area contributed by atoms with E-state index in [-0.39, 0.29) is 6.61 Å². The molecule has 0 unspecified atom stereocenters. The zero-order valence-electron chi connectivity index (χ0n) is 8.70. The van der Waals surface area contributed by atoms with Gasteiger partial charge in [-0.25, -0.2) is 4.98 Å². The highest BCUT2D eigenvalue weighted by Crippen LogP contribution is 2.30. The van der Waals surface area contributed by atoms with Crippen molar-refractivity contribution in [3.63, 3.8) is 0 Å². The van der Waals surface area contributed by atoms with E-state index in [1.54, 1.807) is 25.4 Å². The zero-order valence-corrected chi connectivity index (χ0v) is 9.45. The number of nitrogens with one attached hydrogen (secondary N) is 1. The fraction of sp³-hybridized carbons (Fsp3) is 0.182. The SMILES string of the molecule is COc1cc(Cl)ccc1-c1ncc(CO)[nH]1. The van der Waals surface area contributed by atoms with Crippen molar-refractivity contribution in [1.82, 2.24) is 9.97 Å². The number of aromatic nitrogens is 2. The Morgan fingerprint density at radius 3 is 2.94 bits per heavy atom. The fourth-order valence-electron chi connectivity index (χ4n) is 1.44. The Kier molecular flexibility index (Phi) is 3.12. The summed E-state index contributed by atoms with van der Waals surface area (Å²) in [7, 11) is 1.57. The normalized spacial score (nSPS) is 10.4. The van der Waals surface area contributed by atoms with Gasteiger partial charge in [0.05, 0.1) is 31.2 Å². The van der Waals surface area contributed by atoms with E-state index >= 15 is 0 Å². The van der Waals surface area contributed by atoms with Gasteiger partial charge in [0.2, 0.25) is 0 Å². The van der Waals surface area contributed by atoms with Gasteiger partial charge in [-0.2, -0.15) is 0 Å². The Labute approximate surface area is 97.9 Å². The molecule has 0 radical (unpaired) electrons. The van der Waals surface area contributed by atoms with Crippen LogP contribution in [-0.4, -0.2) is 22.2 Å². The Balaban J connectivity index is 2.46. The number of aliphatic hydroxyl groups is 1. The minimum Gasteiger partial charge on any atom is -0.496 e. The summed E-state index contributed by atoms with van der Waals surface area (Å²) >= 11 is 5.86. The van der Waals surface area contributed by atoms with E-state index in [4.69, 9.17) is 21.4 Å². The van der Waals surface area contributed by atoms with E-state index in [1.165, 1.54) is 0 Å². The van der Waals surface area contributed by atoms with Gasteiger partial charge < -0.3 is 14.8 Å². The highest BCUT2D eigenvalue weighted by Gasteiger charge is 2.09. The molecule has 16 heavy (non-hydrogen) atoms. The number of aromatic amines is 1. The molecule has 1 heterocycles. The molecule has 0 aliphatic carbocycles. The number of methoxy groups -OCH3 is 1. The topological polar surface area (TPSA) is 58.1 Å². The van der Waals surface area contributed by atoms with Crippen LogP contribution in [-0.2, 0) is 6.61 Å². The molecule has 0 atom stereocenters. The summed E-state index contributed by atoms with van der Waals surface area (Å²) in [6, 6.07) is 5.31. The number of aliphatic hydroxyl groups excluding tert-OH is 1. The first kappa shape index (κ1) is 11.0. The molecule has 84 valence electrons. The van der Waals surface area contributed by atoms with Crippen molar-refractivity contribution in [3.05, 3.63) is 35.1 Å². The molecular weight excluding hydrogens is 228 g/mol. The van der Waals surface area contributed by atoms with Crippen LogP contribution in [0.15, 0.2) is 24.4 Å². The van der Waals surface area contributed by atoms with Crippen molar-refractivity contribution in [1.29, 1.82) is 0 Å². The Hall–Kier alpha value is -1.52. The van der Waals surface area contributed by atoms with Crippen LogP contribution in [0.2, 0.25) is 5.02 Å². The number of imidazole rings is 1. The number of hydrogen-bond donors (Lipinski definition) is 2. The number of rotatable bonds is 3. The van der Waals surface area contributed by atoms with Crippen molar-refractivity contribution < 1.29 is 9.84 Å². The average molecular weight is 239 g/mol. The van der Waals surface area contributed by atoms with Crippen LogP contribution < -0.4 is 4.74 Å². The van der Waals surface area contributed by atoms with Crippen LogP contribution >= 0.6 is 11.6 Å². The maximum Gasteiger partial charge on any atom is 0.141 e. The lowest BCUT2D eigenvalue weighted by Crippen LogP contribution is -1.89. The van der Waals surface area contributed by atoms with Gasteiger partial charge in [-0.3, -0.25) is 0 Å². The van der Waals surface area contributed by atoms with Crippen molar-refractivity contribution >= 4 is 11.6 Å². The minimum absolute atomic E-state index is 0.0666. The predicted octanol–water partition coefficient (Wildman–Crippen LogP) is 2.23. The number of H-pyrrole nitrogens is 1. The largest absolute Gasteiger partial charge is 0.496 e. The summed E-state index contributed by atoms with van der Waals surface area (Å²) in [6.45, 7) is -0.0666. The molecule has 1 aromatic heterocycles. The maximum absolute atomic E-state index is 8.94. The molecule has 2 rings (SSSR count). The molecule has 0 aliphatic heterocycles. The Morgan fingerprint density at radius 2 is 2.31 bits per heavy atom. The van der Waals surface area contributed by atoms with E-state index in [0.29, 0.717) is 22.3 Å². The summed E-state index contributed by atoms with van der Waals surface area (Å²) in [5, 5.41) is 9.55. The molecular formula is C11H11ClN2O2. The van der Waals surface area contributed by atoms with Crippen molar-refractivity contribution in [2.24, 2.45) is 0 Å². The van der Waals surface area contributed by atoms with Crippen LogP contribution in [0.3, 0.4) is 0 Å². The smallest absolute Gasteiger partial charge is 0.141 e. The first-order chi connectivity index (χ1) is 7.74. The van der Waals surface area contributed by atoms with Crippen LogP contribution in [0.4, 0.5) is 0 Å². The van der Waals surface area contributed by atoms with Gasteiger partial charge >= 0.3 is 0 Å². The third-order valence-electron chi connectivity index (χ3n) is 2.22. The molecule has 0 saturated carbocycles. The number of halogens is 1. The van der Waals surface area contributed by atoms with Gasteiger partial charge in [0.1, 0.15) is 11.6 Å². The lowest BCUT2D eigenvalue weighted by molar-refractivity contribution is 0.277. The molecule has 2 aromatic rings. The number of hydrogen-bond acceptors (Lipinski definition) is 3. The van der Waals surface area contributed by atoms with E-state index in [0.717, 1.165) is 5.56 Å². The summed E-state index contributed by atoms with van der Waals surface area (Å²) in [5.41, 5.74) is 1.47. The Bertz CT molecular complexity index is 496. The van der Waals surface area contributed by atoms with Gasteiger partial charge in [-0.1, -0.05) is 11.6 Å². The lowest BCUT2D eigenvalue weighted by Gasteiger charge is -2.06. The van der Waals surface area contributed by atoms with Crippen LogP contribution in [0.1, 0.15) is 5.69 Å². The van der Waals surface area contributed by atoms with E-state index in [1.807, 2.05) is 6.07 Å². The molecule has 0 bridgehead atoms. The third-order valence-corrected chi connectivity index (χ3v) is 2.45. The number of ether oxygens (including phenoxy) is 1. The molecule has 0 saturated heterocycles. The third kappa shape index (κ3) is 2.03. The van der Waals surface area contributed by atoms with Crippen LogP contribution in [0.25, 0.3) is 11.4 Å². The van der Waals surface area contributed by atoms with Crippen molar-refractivity contribution in [3.8, 4) is 17.1 Å². The summed E-state index contributed by atoms with van der Waals surface area (Å²) < 4.78 is 5.22. The first-order valence-corrected chi connectivity index (χ1v) is 5.11. The molecule has 5 heteroatoms. The highest BCUT2D eigenvalue weighted by atomic mass is 35.5.